The van der Waals surface area contributed by atoms with Crippen LogP contribution in [0.15, 0.2) is 24.3 Å². The summed E-state index contributed by atoms with van der Waals surface area (Å²) < 4.78 is 26.9. The minimum Gasteiger partial charge on any atom is -0.289 e. The Hall–Kier alpha value is -1.78. The highest BCUT2D eigenvalue weighted by Gasteiger charge is 2.32. The summed E-state index contributed by atoms with van der Waals surface area (Å²) in [5, 5.41) is -0.550. The van der Waals surface area contributed by atoms with Crippen molar-refractivity contribution in [1.82, 2.24) is 0 Å². The average molecular weight is 313 g/mol. The number of benzene rings is 2. The Morgan fingerprint density at radius 2 is 0.950 bits per heavy atom. The smallest absolute Gasteiger partial charge is 0.194 e. The summed E-state index contributed by atoms with van der Waals surface area (Å²) in [5.74, 6) is -2.79. The van der Waals surface area contributed by atoms with Crippen LogP contribution in [0.2, 0.25) is 10.0 Å². The number of fused-ring (bicyclic) bond motifs is 2. The molecule has 6 heteroatoms. The molecule has 3 rings (SSSR count). The van der Waals surface area contributed by atoms with E-state index in [0.717, 1.165) is 24.3 Å². The second kappa shape index (κ2) is 4.36. The lowest BCUT2D eigenvalue weighted by atomic mass is 9.84. The molecule has 2 aromatic carbocycles. The second-order valence-electron chi connectivity index (χ2n) is 4.28. The molecule has 0 saturated heterocycles. The van der Waals surface area contributed by atoms with E-state index in [1.165, 1.54) is 0 Å². The highest BCUT2D eigenvalue weighted by molar-refractivity contribution is 6.35. The molecule has 0 bridgehead atoms. The van der Waals surface area contributed by atoms with Crippen LogP contribution in [0.3, 0.4) is 0 Å². The van der Waals surface area contributed by atoms with Crippen LogP contribution in [0, 0.1) is 11.6 Å². The van der Waals surface area contributed by atoms with Crippen LogP contribution in [0.4, 0.5) is 8.78 Å². The Morgan fingerprint density at radius 1 is 0.650 bits per heavy atom. The van der Waals surface area contributed by atoms with Gasteiger partial charge in [-0.25, -0.2) is 8.78 Å². The van der Waals surface area contributed by atoms with Crippen LogP contribution in [-0.4, -0.2) is 11.6 Å². The Balaban J connectivity index is 2.33. The number of rotatable bonds is 0. The Bertz CT molecular complexity index is 671. The molecule has 0 spiro atoms. The van der Waals surface area contributed by atoms with E-state index in [-0.39, 0.29) is 32.3 Å². The highest BCUT2D eigenvalue weighted by Crippen LogP contribution is 2.32. The maximum Gasteiger partial charge on any atom is 0.194 e. The van der Waals surface area contributed by atoms with Gasteiger partial charge in [-0.3, -0.25) is 9.59 Å². The fourth-order valence-electron chi connectivity index (χ4n) is 2.14. The molecular formula is C14H4Cl2F2O2. The molecule has 1 aliphatic carbocycles. The SMILES string of the molecule is O=C1c2cc(F)c(Cl)cc2C(=O)c2cc(F)c(Cl)cc21. The third-order valence-corrected chi connectivity index (χ3v) is 3.68. The molecule has 2 aromatic rings. The van der Waals surface area contributed by atoms with Crippen molar-refractivity contribution in [2.75, 3.05) is 0 Å². The van der Waals surface area contributed by atoms with Crippen LogP contribution < -0.4 is 0 Å². The first kappa shape index (κ1) is 13.2. The van der Waals surface area contributed by atoms with Crippen molar-refractivity contribution in [2.24, 2.45) is 0 Å². The van der Waals surface area contributed by atoms with E-state index in [1.54, 1.807) is 0 Å². The normalized spacial score (nSPS) is 13.2. The van der Waals surface area contributed by atoms with Gasteiger partial charge in [-0.2, -0.15) is 0 Å². The molecule has 0 fully saturated rings. The van der Waals surface area contributed by atoms with E-state index in [9.17, 15) is 18.4 Å². The van der Waals surface area contributed by atoms with Gasteiger partial charge in [-0.15, -0.1) is 0 Å². The molecule has 0 amide bonds. The number of hydrogen-bond acceptors (Lipinski definition) is 2. The van der Waals surface area contributed by atoms with E-state index < -0.39 is 23.2 Å². The third kappa shape index (κ3) is 1.76. The molecule has 0 N–H and O–H groups in total. The molecule has 0 saturated carbocycles. The monoisotopic (exact) mass is 312 g/mol. The number of carbonyl (C=O) groups excluding carboxylic acids is 2. The molecule has 1 aliphatic rings. The maximum absolute atomic E-state index is 13.4. The summed E-state index contributed by atoms with van der Waals surface area (Å²) in [4.78, 5) is 24.5. The van der Waals surface area contributed by atoms with Gasteiger partial charge in [0.05, 0.1) is 10.0 Å². The lowest BCUT2D eigenvalue weighted by molar-refractivity contribution is 0.0978. The quantitative estimate of drug-likeness (QED) is 0.627. The Morgan fingerprint density at radius 3 is 1.30 bits per heavy atom. The van der Waals surface area contributed by atoms with Crippen LogP contribution in [0.25, 0.3) is 0 Å². The molecule has 0 atom stereocenters. The van der Waals surface area contributed by atoms with Gasteiger partial charge >= 0.3 is 0 Å². The highest BCUT2D eigenvalue weighted by atomic mass is 35.5. The summed E-state index contributed by atoms with van der Waals surface area (Å²) >= 11 is 11.2. The molecule has 0 aromatic heterocycles. The minimum atomic E-state index is -0.803. The van der Waals surface area contributed by atoms with Crippen LogP contribution >= 0.6 is 23.2 Å². The van der Waals surface area contributed by atoms with Crippen molar-refractivity contribution in [3.8, 4) is 0 Å². The van der Waals surface area contributed by atoms with Crippen LogP contribution in [0.5, 0.6) is 0 Å². The van der Waals surface area contributed by atoms with Gasteiger partial charge in [0, 0.05) is 22.3 Å². The topological polar surface area (TPSA) is 34.1 Å². The predicted octanol–water partition coefficient (Wildman–Crippen LogP) is 4.05. The maximum atomic E-state index is 13.4. The number of ketones is 2. The largest absolute Gasteiger partial charge is 0.289 e. The second-order valence-corrected chi connectivity index (χ2v) is 5.10. The summed E-state index contributed by atoms with van der Waals surface area (Å²) in [7, 11) is 0. The van der Waals surface area contributed by atoms with Gasteiger partial charge in [0.15, 0.2) is 11.6 Å². The van der Waals surface area contributed by atoms with Gasteiger partial charge in [-0.1, -0.05) is 23.2 Å². The summed E-state index contributed by atoms with van der Waals surface area (Å²) in [6.07, 6.45) is 0. The van der Waals surface area contributed by atoms with Gasteiger partial charge in [-0.05, 0) is 24.3 Å². The number of carbonyl (C=O) groups is 2. The molecule has 0 aliphatic heterocycles. The molecule has 0 radical (unpaired) electrons. The lowest BCUT2D eigenvalue weighted by Crippen LogP contribution is -2.21. The van der Waals surface area contributed by atoms with Gasteiger partial charge in [0.2, 0.25) is 0 Å². The van der Waals surface area contributed by atoms with E-state index in [4.69, 9.17) is 23.2 Å². The van der Waals surface area contributed by atoms with Gasteiger partial charge < -0.3 is 0 Å². The predicted molar refractivity (Wildman–Crippen MR) is 69.7 cm³/mol. The first-order valence-electron chi connectivity index (χ1n) is 5.47. The van der Waals surface area contributed by atoms with Crippen molar-refractivity contribution in [3.05, 3.63) is 68.2 Å². The standard InChI is InChI=1S/C14H4Cl2F2O2/c15-9-1-5-7(3-11(9)17)14(20)6-2-10(16)12(18)4-8(6)13(5)19/h1-4H. The Labute approximate surface area is 121 Å². The molecule has 20 heavy (non-hydrogen) atoms. The minimum absolute atomic E-state index is 0.0457. The molecule has 100 valence electrons. The Kier molecular flexibility index (Phi) is 2.88. The van der Waals surface area contributed by atoms with Crippen molar-refractivity contribution in [1.29, 1.82) is 0 Å². The molecule has 2 nitrogen and oxygen atoms in total. The van der Waals surface area contributed by atoms with E-state index in [1.807, 2.05) is 0 Å². The van der Waals surface area contributed by atoms with Crippen molar-refractivity contribution >= 4 is 34.8 Å². The molecule has 0 unspecified atom stereocenters. The van der Waals surface area contributed by atoms with E-state index >= 15 is 0 Å². The van der Waals surface area contributed by atoms with E-state index in [2.05, 4.69) is 0 Å². The first-order valence-corrected chi connectivity index (χ1v) is 6.23. The van der Waals surface area contributed by atoms with Crippen LogP contribution in [0.1, 0.15) is 31.8 Å². The zero-order chi connectivity index (χ0) is 14.6. The summed E-state index contributed by atoms with van der Waals surface area (Å²) in [6, 6.07) is 3.94. The first-order chi connectivity index (χ1) is 9.40. The third-order valence-electron chi connectivity index (χ3n) is 3.10. The van der Waals surface area contributed by atoms with Gasteiger partial charge in [0.25, 0.3) is 0 Å². The van der Waals surface area contributed by atoms with Crippen molar-refractivity contribution < 1.29 is 18.4 Å². The fraction of sp³-hybridized carbons (Fsp3) is 0. The molecular weight excluding hydrogens is 309 g/mol. The number of hydrogen-bond donors (Lipinski definition) is 0. The number of halogens is 4. The van der Waals surface area contributed by atoms with Crippen molar-refractivity contribution in [3.63, 3.8) is 0 Å². The van der Waals surface area contributed by atoms with Gasteiger partial charge in [0.1, 0.15) is 11.6 Å². The fourth-order valence-corrected chi connectivity index (χ4v) is 2.46. The average Bonchev–Trinajstić information content (AvgIpc) is 2.41. The van der Waals surface area contributed by atoms with E-state index in [0.29, 0.717) is 0 Å². The lowest BCUT2D eigenvalue weighted by Gasteiger charge is -2.18. The zero-order valence-electron chi connectivity index (χ0n) is 9.64. The summed E-state index contributed by atoms with van der Waals surface area (Å²) in [5.41, 5.74) is -0.301. The van der Waals surface area contributed by atoms with Crippen LogP contribution in [-0.2, 0) is 0 Å². The molecule has 0 heterocycles. The summed E-state index contributed by atoms with van der Waals surface area (Å²) in [6.45, 7) is 0. The zero-order valence-corrected chi connectivity index (χ0v) is 11.1. The van der Waals surface area contributed by atoms with Crippen molar-refractivity contribution in [2.45, 2.75) is 0 Å².